The molecule has 0 saturated carbocycles. The Hall–Kier alpha value is -2.17. The lowest BCUT2D eigenvalue weighted by Crippen LogP contribution is -2.28. The lowest BCUT2D eigenvalue weighted by Gasteiger charge is -2.28. The summed E-state index contributed by atoms with van der Waals surface area (Å²) in [7, 11) is 0. The summed E-state index contributed by atoms with van der Waals surface area (Å²) in [4.78, 5) is 4.09. The van der Waals surface area contributed by atoms with E-state index in [1.54, 1.807) is 6.20 Å². The Morgan fingerprint density at radius 2 is 1.86 bits per heavy atom. The van der Waals surface area contributed by atoms with Crippen molar-refractivity contribution in [2.45, 2.75) is 18.8 Å². The van der Waals surface area contributed by atoms with E-state index in [4.69, 9.17) is 9.47 Å². The summed E-state index contributed by atoms with van der Waals surface area (Å²) < 4.78 is 14.1. The maximum atomic E-state index is 6.02. The fraction of sp³-hybridized carbons (Fsp3) is 0.278. The topological polar surface area (TPSA) is 36.3 Å². The predicted octanol–water partition coefficient (Wildman–Crippen LogP) is 3.33. The smallest absolute Gasteiger partial charge is 0.196 e. The number of hydrogen-bond donors (Lipinski definition) is 0. The predicted molar refractivity (Wildman–Crippen MR) is 84.4 cm³/mol. The molecule has 112 valence electrons. The molecule has 1 aliphatic heterocycles. The Kier molecular flexibility index (Phi) is 3.41. The number of rotatable bonds is 4. The van der Waals surface area contributed by atoms with Gasteiger partial charge in [-0.3, -0.25) is 0 Å². The molecule has 0 amide bonds. The Bertz CT molecular complexity index is 762. The van der Waals surface area contributed by atoms with Gasteiger partial charge in [-0.2, -0.15) is 0 Å². The Balaban J connectivity index is 1.67. The molecule has 0 N–H and O–H groups in total. The summed E-state index contributed by atoms with van der Waals surface area (Å²) >= 11 is 0. The minimum Gasteiger partial charge on any atom is -0.343 e. The molecular weight excluding hydrogens is 276 g/mol. The number of imidazole rings is 1. The van der Waals surface area contributed by atoms with Crippen LogP contribution in [-0.2, 0) is 21.8 Å². The first-order valence-electron chi connectivity index (χ1n) is 7.59. The normalized spacial score (nSPS) is 17.1. The van der Waals surface area contributed by atoms with Crippen LogP contribution in [0.15, 0.2) is 61.2 Å². The van der Waals surface area contributed by atoms with Gasteiger partial charge in [0.05, 0.1) is 19.5 Å². The molecule has 2 aromatic carbocycles. The van der Waals surface area contributed by atoms with Crippen LogP contribution in [0, 0.1) is 0 Å². The Morgan fingerprint density at radius 3 is 2.64 bits per heavy atom. The SMILES string of the molecule is c1ccc2cc(C3(CCn4ccnc4)OCCO3)ccc2c1. The zero-order chi connectivity index (χ0) is 14.8. The van der Waals surface area contributed by atoms with E-state index in [0.29, 0.717) is 13.2 Å². The molecule has 0 spiro atoms. The fourth-order valence-electron chi connectivity index (χ4n) is 3.03. The maximum absolute atomic E-state index is 6.02. The van der Waals surface area contributed by atoms with Gasteiger partial charge in [0.25, 0.3) is 0 Å². The summed E-state index contributed by atoms with van der Waals surface area (Å²) in [6.07, 6.45) is 6.34. The van der Waals surface area contributed by atoms with Crippen LogP contribution in [0.2, 0.25) is 0 Å². The number of benzene rings is 2. The third-order valence-electron chi connectivity index (χ3n) is 4.20. The van der Waals surface area contributed by atoms with E-state index in [-0.39, 0.29) is 0 Å². The van der Waals surface area contributed by atoms with Crippen molar-refractivity contribution in [1.82, 2.24) is 9.55 Å². The first-order valence-corrected chi connectivity index (χ1v) is 7.59. The average Bonchev–Trinajstić information content (AvgIpc) is 3.25. The van der Waals surface area contributed by atoms with Crippen molar-refractivity contribution in [3.8, 4) is 0 Å². The van der Waals surface area contributed by atoms with Crippen LogP contribution < -0.4 is 0 Å². The molecule has 2 heterocycles. The van der Waals surface area contributed by atoms with E-state index in [1.807, 2.05) is 17.1 Å². The monoisotopic (exact) mass is 294 g/mol. The van der Waals surface area contributed by atoms with Gasteiger partial charge in [0, 0.05) is 30.9 Å². The zero-order valence-corrected chi connectivity index (χ0v) is 12.3. The van der Waals surface area contributed by atoms with Crippen molar-refractivity contribution < 1.29 is 9.47 Å². The summed E-state index contributed by atoms with van der Waals surface area (Å²) in [5.74, 6) is -0.645. The first kappa shape index (κ1) is 13.5. The second-order valence-electron chi connectivity index (χ2n) is 5.56. The second kappa shape index (κ2) is 5.55. The molecule has 4 nitrogen and oxygen atoms in total. The maximum Gasteiger partial charge on any atom is 0.196 e. The van der Waals surface area contributed by atoms with Crippen molar-refractivity contribution >= 4 is 10.8 Å². The molecule has 1 aromatic heterocycles. The molecule has 0 unspecified atom stereocenters. The van der Waals surface area contributed by atoms with Crippen molar-refractivity contribution in [3.05, 3.63) is 66.7 Å². The van der Waals surface area contributed by atoms with E-state index in [2.05, 4.69) is 47.4 Å². The number of nitrogens with zero attached hydrogens (tertiary/aromatic N) is 2. The van der Waals surface area contributed by atoms with Crippen LogP contribution in [0.4, 0.5) is 0 Å². The number of hydrogen-bond acceptors (Lipinski definition) is 3. The first-order chi connectivity index (χ1) is 10.9. The van der Waals surface area contributed by atoms with E-state index < -0.39 is 5.79 Å². The quantitative estimate of drug-likeness (QED) is 0.740. The van der Waals surface area contributed by atoms with E-state index in [1.165, 1.54) is 10.8 Å². The molecule has 0 bridgehead atoms. The zero-order valence-electron chi connectivity index (χ0n) is 12.3. The number of aromatic nitrogens is 2. The van der Waals surface area contributed by atoms with Gasteiger partial charge in [0.2, 0.25) is 0 Å². The van der Waals surface area contributed by atoms with Crippen LogP contribution >= 0.6 is 0 Å². The highest BCUT2D eigenvalue weighted by molar-refractivity contribution is 5.83. The van der Waals surface area contributed by atoms with Crippen molar-refractivity contribution in [1.29, 1.82) is 0 Å². The van der Waals surface area contributed by atoms with Gasteiger partial charge in [0.1, 0.15) is 0 Å². The summed E-state index contributed by atoms with van der Waals surface area (Å²) in [6, 6.07) is 14.8. The Morgan fingerprint density at radius 1 is 1.05 bits per heavy atom. The molecule has 1 aliphatic rings. The molecule has 1 fully saturated rings. The molecular formula is C18H18N2O2. The second-order valence-corrected chi connectivity index (χ2v) is 5.56. The molecule has 3 aromatic rings. The largest absolute Gasteiger partial charge is 0.343 e. The van der Waals surface area contributed by atoms with Gasteiger partial charge in [-0.15, -0.1) is 0 Å². The average molecular weight is 294 g/mol. The van der Waals surface area contributed by atoms with Crippen molar-refractivity contribution in [3.63, 3.8) is 0 Å². The molecule has 0 aliphatic carbocycles. The third kappa shape index (κ3) is 2.40. The van der Waals surface area contributed by atoms with Crippen LogP contribution in [-0.4, -0.2) is 22.8 Å². The lowest BCUT2D eigenvalue weighted by atomic mass is 9.98. The van der Waals surface area contributed by atoms with Gasteiger partial charge in [0.15, 0.2) is 5.79 Å². The molecule has 4 rings (SSSR count). The number of aryl methyl sites for hydroxylation is 1. The van der Waals surface area contributed by atoms with Crippen LogP contribution in [0.1, 0.15) is 12.0 Å². The standard InChI is InChI=1S/C18H18N2O2/c1-2-4-16-13-17(6-5-15(16)3-1)18(21-11-12-22-18)7-9-20-10-8-19-14-20/h1-6,8,10,13-14H,7,9,11-12H2. The minimum absolute atomic E-state index is 0.636. The van der Waals surface area contributed by atoms with E-state index >= 15 is 0 Å². The lowest BCUT2D eigenvalue weighted by molar-refractivity contribution is -0.172. The molecule has 22 heavy (non-hydrogen) atoms. The van der Waals surface area contributed by atoms with E-state index in [9.17, 15) is 0 Å². The van der Waals surface area contributed by atoms with Gasteiger partial charge in [-0.1, -0.05) is 36.4 Å². The molecule has 0 atom stereocenters. The highest BCUT2D eigenvalue weighted by Crippen LogP contribution is 2.36. The summed E-state index contributed by atoms with van der Waals surface area (Å²) in [5, 5.41) is 2.44. The van der Waals surface area contributed by atoms with Crippen molar-refractivity contribution in [2.75, 3.05) is 13.2 Å². The van der Waals surface area contributed by atoms with Crippen molar-refractivity contribution in [2.24, 2.45) is 0 Å². The molecule has 0 radical (unpaired) electrons. The highest BCUT2D eigenvalue weighted by atomic mass is 16.7. The van der Waals surface area contributed by atoms with E-state index in [0.717, 1.165) is 18.5 Å². The van der Waals surface area contributed by atoms with Gasteiger partial charge in [-0.25, -0.2) is 4.98 Å². The van der Waals surface area contributed by atoms with Crippen LogP contribution in [0.3, 0.4) is 0 Å². The minimum atomic E-state index is -0.645. The van der Waals surface area contributed by atoms with Crippen LogP contribution in [0.5, 0.6) is 0 Å². The van der Waals surface area contributed by atoms with Gasteiger partial charge < -0.3 is 14.0 Å². The van der Waals surface area contributed by atoms with Gasteiger partial charge >= 0.3 is 0 Å². The highest BCUT2D eigenvalue weighted by Gasteiger charge is 2.38. The third-order valence-corrected chi connectivity index (χ3v) is 4.20. The number of fused-ring (bicyclic) bond motifs is 1. The summed E-state index contributed by atoms with van der Waals surface area (Å²) in [6.45, 7) is 2.08. The van der Waals surface area contributed by atoms with Crippen LogP contribution in [0.25, 0.3) is 10.8 Å². The molecule has 4 heteroatoms. The fourth-order valence-corrected chi connectivity index (χ4v) is 3.03. The molecule has 1 saturated heterocycles. The number of ether oxygens (including phenoxy) is 2. The van der Waals surface area contributed by atoms with Gasteiger partial charge in [-0.05, 0) is 16.8 Å². The summed E-state index contributed by atoms with van der Waals surface area (Å²) in [5.41, 5.74) is 1.09. The Labute approximate surface area is 129 Å².